The first-order valence-electron chi connectivity index (χ1n) is 10.2. The van der Waals surface area contributed by atoms with Crippen molar-refractivity contribution in [3.8, 4) is 11.5 Å². The average molecular weight is 488 g/mol. The van der Waals surface area contributed by atoms with Crippen LogP contribution in [0.3, 0.4) is 0 Å². The highest BCUT2D eigenvalue weighted by atomic mass is 35.5. The molecule has 0 fully saturated rings. The molecule has 1 aliphatic rings. The molecule has 0 radical (unpaired) electrons. The van der Waals surface area contributed by atoms with E-state index >= 15 is 0 Å². The summed E-state index contributed by atoms with van der Waals surface area (Å²) in [7, 11) is 0. The van der Waals surface area contributed by atoms with Crippen molar-refractivity contribution in [2.45, 2.75) is 32.1 Å². The molecule has 2 heterocycles. The van der Waals surface area contributed by atoms with E-state index in [1.165, 1.54) is 11.8 Å². The highest BCUT2D eigenvalue weighted by Crippen LogP contribution is 2.32. The summed E-state index contributed by atoms with van der Waals surface area (Å²) in [6.45, 7) is 4.74. The van der Waals surface area contributed by atoms with E-state index in [-0.39, 0.29) is 30.9 Å². The number of anilines is 1. The van der Waals surface area contributed by atoms with Crippen LogP contribution in [0.15, 0.2) is 41.6 Å². The van der Waals surface area contributed by atoms with Crippen molar-refractivity contribution in [2.75, 3.05) is 17.9 Å². The Bertz CT molecular complexity index is 1200. The van der Waals surface area contributed by atoms with E-state index in [0.29, 0.717) is 45.3 Å². The smallest absolute Gasteiger partial charge is 0.251 e. The molecule has 11 heteroatoms. The van der Waals surface area contributed by atoms with Crippen molar-refractivity contribution >= 4 is 40.9 Å². The molecule has 0 unspecified atom stereocenters. The molecule has 0 atom stereocenters. The quantitative estimate of drug-likeness (QED) is 0.467. The lowest BCUT2D eigenvalue weighted by atomic mass is 10.2. The van der Waals surface area contributed by atoms with Gasteiger partial charge in [-0.05, 0) is 49.7 Å². The van der Waals surface area contributed by atoms with Gasteiger partial charge in [-0.2, -0.15) is 0 Å². The van der Waals surface area contributed by atoms with Crippen LogP contribution in [0.1, 0.15) is 28.7 Å². The minimum absolute atomic E-state index is 0.150. The number of aromatic nitrogens is 3. The molecule has 0 aliphatic carbocycles. The predicted molar refractivity (Wildman–Crippen MR) is 125 cm³/mol. The Labute approximate surface area is 199 Å². The van der Waals surface area contributed by atoms with Crippen LogP contribution < -0.4 is 20.1 Å². The molecule has 1 aromatic heterocycles. The lowest BCUT2D eigenvalue weighted by Gasteiger charge is -2.10. The van der Waals surface area contributed by atoms with Crippen LogP contribution in [0.4, 0.5) is 5.69 Å². The number of nitrogens with zero attached hydrogens (tertiary/aromatic N) is 3. The molecule has 0 spiro atoms. The number of halogens is 1. The van der Waals surface area contributed by atoms with Crippen molar-refractivity contribution < 1.29 is 19.1 Å². The Balaban J connectivity index is 1.34. The van der Waals surface area contributed by atoms with E-state index in [4.69, 9.17) is 21.1 Å². The molecule has 2 aromatic carbocycles. The second-order valence-corrected chi connectivity index (χ2v) is 8.49. The highest BCUT2D eigenvalue weighted by Gasteiger charge is 2.18. The number of hydrogen-bond donors (Lipinski definition) is 2. The van der Waals surface area contributed by atoms with E-state index in [0.717, 1.165) is 5.56 Å². The van der Waals surface area contributed by atoms with Crippen LogP contribution >= 0.6 is 23.4 Å². The highest BCUT2D eigenvalue weighted by molar-refractivity contribution is 7.99. The summed E-state index contributed by atoms with van der Waals surface area (Å²) in [5.41, 5.74) is 1.95. The zero-order valence-electron chi connectivity index (χ0n) is 18.1. The monoisotopic (exact) mass is 487 g/mol. The van der Waals surface area contributed by atoms with Gasteiger partial charge in [0.05, 0.1) is 12.3 Å². The largest absolute Gasteiger partial charge is 0.454 e. The second kappa shape index (κ2) is 10.1. The Morgan fingerprint density at radius 1 is 1.18 bits per heavy atom. The van der Waals surface area contributed by atoms with E-state index in [9.17, 15) is 9.59 Å². The molecule has 172 valence electrons. The van der Waals surface area contributed by atoms with E-state index in [1.54, 1.807) is 36.4 Å². The maximum absolute atomic E-state index is 12.5. The van der Waals surface area contributed by atoms with Gasteiger partial charge in [0.2, 0.25) is 12.7 Å². The normalized spacial score (nSPS) is 12.0. The third-order valence-corrected chi connectivity index (χ3v) is 6.40. The van der Waals surface area contributed by atoms with Crippen molar-refractivity contribution in [3.63, 3.8) is 0 Å². The number of nitrogens with one attached hydrogen (secondary N) is 2. The van der Waals surface area contributed by atoms with Crippen LogP contribution in [0.25, 0.3) is 0 Å². The van der Waals surface area contributed by atoms with Gasteiger partial charge >= 0.3 is 0 Å². The fourth-order valence-corrected chi connectivity index (χ4v) is 4.23. The zero-order valence-corrected chi connectivity index (χ0v) is 19.6. The van der Waals surface area contributed by atoms with Crippen LogP contribution in [-0.4, -0.2) is 39.1 Å². The standard InChI is InChI=1S/C22H22ClN5O4S/c1-3-28-19(10-24-21(30)14-7-8-17-18(9-14)32-12-31-17)26-27-22(28)33-11-20(29)25-16-6-4-5-15(23)13(16)2/h4-9H,3,10-12H2,1-2H3,(H,24,30)(H,25,29). The predicted octanol–water partition coefficient (Wildman–Crippen LogP) is 3.65. The van der Waals surface area contributed by atoms with Crippen LogP contribution in [0.2, 0.25) is 5.02 Å². The molecular formula is C22H22ClN5O4S. The Hall–Kier alpha value is -3.24. The van der Waals surface area contributed by atoms with Gasteiger partial charge in [-0.1, -0.05) is 29.4 Å². The van der Waals surface area contributed by atoms with E-state index in [1.807, 2.05) is 18.4 Å². The Kier molecular flexibility index (Phi) is 7.05. The topological polar surface area (TPSA) is 107 Å². The molecule has 2 amide bonds. The minimum atomic E-state index is -0.260. The summed E-state index contributed by atoms with van der Waals surface area (Å²) in [5, 5.41) is 15.3. The van der Waals surface area contributed by atoms with Crippen molar-refractivity contribution in [1.29, 1.82) is 0 Å². The molecule has 1 aliphatic heterocycles. The van der Waals surface area contributed by atoms with Gasteiger partial charge < -0.3 is 24.7 Å². The first-order chi connectivity index (χ1) is 16.0. The van der Waals surface area contributed by atoms with Gasteiger partial charge in [0.15, 0.2) is 22.5 Å². The number of thioether (sulfide) groups is 1. The number of ether oxygens (including phenoxy) is 2. The lowest BCUT2D eigenvalue weighted by molar-refractivity contribution is -0.113. The molecular weight excluding hydrogens is 466 g/mol. The minimum Gasteiger partial charge on any atom is -0.454 e. The molecule has 33 heavy (non-hydrogen) atoms. The summed E-state index contributed by atoms with van der Waals surface area (Å²) in [4.78, 5) is 24.9. The number of fused-ring (bicyclic) bond motifs is 1. The maximum Gasteiger partial charge on any atom is 0.251 e. The van der Waals surface area contributed by atoms with Crippen molar-refractivity contribution in [2.24, 2.45) is 0 Å². The van der Waals surface area contributed by atoms with Gasteiger partial charge in [-0.3, -0.25) is 9.59 Å². The molecule has 9 nitrogen and oxygen atoms in total. The molecule has 4 rings (SSSR count). The number of hydrogen-bond acceptors (Lipinski definition) is 7. The second-order valence-electron chi connectivity index (χ2n) is 7.14. The molecule has 0 bridgehead atoms. The van der Waals surface area contributed by atoms with Gasteiger partial charge in [-0.25, -0.2) is 0 Å². The van der Waals surface area contributed by atoms with Gasteiger partial charge in [0.1, 0.15) is 0 Å². The maximum atomic E-state index is 12.5. The third kappa shape index (κ3) is 5.23. The summed E-state index contributed by atoms with van der Waals surface area (Å²) >= 11 is 7.38. The van der Waals surface area contributed by atoms with Crippen LogP contribution in [0, 0.1) is 6.92 Å². The average Bonchev–Trinajstić information content (AvgIpc) is 3.44. The number of rotatable bonds is 8. The molecule has 3 aromatic rings. The summed E-state index contributed by atoms with van der Waals surface area (Å²) in [6.07, 6.45) is 0. The Morgan fingerprint density at radius 2 is 2.00 bits per heavy atom. The fraction of sp³-hybridized carbons (Fsp3) is 0.273. The van der Waals surface area contributed by atoms with E-state index < -0.39 is 0 Å². The lowest BCUT2D eigenvalue weighted by Crippen LogP contribution is -2.24. The number of benzene rings is 2. The summed E-state index contributed by atoms with van der Waals surface area (Å²) < 4.78 is 12.4. The number of amides is 2. The van der Waals surface area contributed by atoms with Gasteiger partial charge in [-0.15, -0.1) is 10.2 Å². The molecule has 0 saturated carbocycles. The zero-order chi connectivity index (χ0) is 23.4. The molecule has 2 N–H and O–H groups in total. The first kappa shape index (κ1) is 22.9. The Morgan fingerprint density at radius 3 is 2.82 bits per heavy atom. The fourth-order valence-electron chi connectivity index (χ4n) is 3.23. The van der Waals surface area contributed by atoms with Crippen molar-refractivity contribution in [1.82, 2.24) is 20.1 Å². The summed E-state index contributed by atoms with van der Waals surface area (Å²) in [5.74, 6) is 1.49. The first-order valence-corrected chi connectivity index (χ1v) is 11.6. The van der Waals surface area contributed by atoms with Gasteiger partial charge in [0, 0.05) is 22.8 Å². The molecule has 0 saturated heterocycles. The SMILES string of the molecule is CCn1c(CNC(=O)c2ccc3c(c2)OCO3)nnc1SCC(=O)Nc1cccc(Cl)c1C. The third-order valence-electron chi connectivity index (χ3n) is 5.03. The number of carbonyl (C=O) groups is 2. The van der Waals surface area contributed by atoms with Crippen molar-refractivity contribution in [3.05, 3.63) is 58.4 Å². The van der Waals surface area contributed by atoms with Crippen LogP contribution in [-0.2, 0) is 17.9 Å². The number of carbonyl (C=O) groups excluding carboxylic acids is 2. The van der Waals surface area contributed by atoms with E-state index in [2.05, 4.69) is 20.8 Å². The van der Waals surface area contributed by atoms with Crippen LogP contribution in [0.5, 0.6) is 11.5 Å². The van der Waals surface area contributed by atoms with Gasteiger partial charge in [0.25, 0.3) is 5.91 Å². The summed E-state index contributed by atoms with van der Waals surface area (Å²) in [6, 6.07) is 10.4.